The van der Waals surface area contributed by atoms with Crippen molar-refractivity contribution >= 4 is 11.9 Å². The summed E-state index contributed by atoms with van der Waals surface area (Å²) in [6.45, 7) is 0. The first-order chi connectivity index (χ1) is 11.0. The van der Waals surface area contributed by atoms with E-state index in [0.29, 0.717) is 16.9 Å². The summed E-state index contributed by atoms with van der Waals surface area (Å²) in [5.41, 5.74) is 16.0. The molecule has 5 N–H and O–H groups in total. The molecule has 1 aliphatic rings. The number of nitrogens with two attached hydrogens (primary N) is 2. The van der Waals surface area contributed by atoms with Gasteiger partial charge in [0.1, 0.15) is 5.75 Å². The zero-order valence-electron chi connectivity index (χ0n) is 12.6. The molecule has 23 heavy (non-hydrogen) atoms. The van der Waals surface area contributed by atoms with Gasteiger partial charge in [0.15, 0.2) is 0 Å². The van der Waals surface area contributed by atoms with Crippen molar-refractivity contribution in [3.63, 3.8) is 0 Å². The molecular formula is C16H17N5O2. The zero-order valence-corrected chi connectivity index (χ0v) is 12.6. The van der Waals surface area contributed by atoms with Crippen LogP contribution in [0.25, 0.3) is 0 Å². The van der Waals surface area contributed by atoms with Crippen LogP contribution >= 0.6 is 0 Å². The molecule has 0 radical (unpaired) electrons. The molecule has 1 amide bonds. The molecule has 1 heterocycles. The lowest BCUT2D eigenvalue weighted by Gasteiger charge is -2.25. The molecule has 2 aromatic carbocycles. The molecule has 0 spiro atoms. The van der Waals surface area contributed by atoms with Crippen LogP contribution in [0.5, 0.6) is 5.75 Å². The molecule has 7 heteroatoms. The number of carbonyl (C=O) groups excluding carboxylic acids is 1. The second kappa shape index (κ2) is 5.71. The lowest BCUT2D eigenvalue weighted by molar-refractivity contribution is 0.0749. The van der Waals surface area contributed by atoms with Crippen molar-refractivity contribution in [1.82, 2.24) is 10.4 Å². The van der Waals surface area contributed by atoms with Gasteiger partial charge in [-0.2, -0.15) is 5.43 Å². The molecule has 1 atom stereocenters. The first kappa shape index (κ1) is 15.0. The smallest absolute Gasteiger partial charge is 0.279 e. The number of nitrogens with one attached hydrogen (secondary N) is 1. The lowest BCUT2D eigenvalue weighted by atomic mass is 10.1. The van der Waals surface area contributed by atoms with Gasteiger partial charge >= 0.3 is 0 Å². The number of aliphatic imine (C=N–C) groups is 1. The molecule has 0 saturated carbocycles. The Morgan fingerprint density at radius 1 is 1.17 bits per heavy atom. The molecule has 118 valence electrons. The standard InChI is InChI=1S/C16H17N5O2/c1-23-13-10-6-5-9-12(13)14(22)21-15(17)19-16(18,20-21)11-7-3-2-4-8-11/h2-10,20H,18H2,1H3,(H2,17,19). The number of ether oxygens (including phenoxy) is 1. The van der Waals surface area contributed by atoms with Gasteiger partial charge in [-0.25, -0.2) is 10.0 Å². The Hall–Kier alpha value is -2.90. The second-order valence-corrected chi connectivity index (χ2v) is 5.06. The third-order valence-electron chi connectivity index (χ3n) is 3.56. The third-order valence-corrected chi connectivity index (χ3v) is 3.56. The van der Waals surface area contributed by atoms with E-state index < -0.39 is 11.7 Å². The molecular weight excluding hydrogens is 294 g/mol. The summed E-state index contributed by atoms with van der Waals surface area (Å²) >= 11 is 0. The first-order valence-electron chi connectivity index (χ1n) is 7.00. The molecule has 7 nitrogen and oxygen atoms in total. The minimum absolute atomic E-state index is 0.00717. The van der Waals surface area contributed by atoms with Crippen LogP contribution in [0.15, 0.2) is 59.6 Å². The summed E-state index contributed by atoms with van der Waals surface area (Å²) in [6, 6.07) is 16.0. The predicted molar refractivity (Wildman–Crippen MR) is 86.2 cm³/mol. The van der Waals surface area contributed by atoms with Gasteiger partial charge in [-0.3, -0.25) is 10.5 Å². The first-order valence-corrected chi connectivity index (χ1v) is 7.00. The lowest BCUT2D eigenvalue weighted by Crippen LogP contribution is -2.54. The van der Waals surface area contributed by atoms with Crippen LogP contribution in [-0.2, 0) is 5.79 Å². The average Bonchev–Trinajstić information content (AvgIpc) is 2.91. The van der Waals surface area contributed by atoms with E-state index in [4.69, 9.17) is 16.2 Å². The Morgan fingerprint density at radius 2 is 1.83 bits per heavy atom. The van der Waals surface area contributed by atoms with Crippen LogP contribution in [-0.4, -0.2) is 24.0 Å². The highest BCUT2D eigenvalue weighted by atomic mass is 16.5. The van der Waals surface area contributed by atoms with Crippen molar-refractivity contribution in [2.24, 2.45) is 16.5 Å². The molecule has 1 unspecified atom stereocenters. The highest BCUT2D eigenvalue weighted by Crippen LogP contribution is 2.25. The molecule has 2 aromatic rings. The second-order valence-electron chi connectivity index (χ2n) is 5.06. The fourth-order valence-corrected chi connectivity index (χ4v) is 2.40. The van der Waals surface area contributed by atoms with Crippen LogP contribution in [0.2, 0.25) is 0 Å². The Labute approximate surface area is 133 Å². The van der Waals surface area contributed by atoms with Crippen molar-refractivity contribution in [2.45, 2.75) is 5.79 Å². The maximum atomic E-state index is 12.7. The van der Waals surface area contributed by atoms with E-state index in [-0.39, 0.29) is 5.96 Å². The van der Waals surface area contributed by atoms with Crippen LogP contribution in [0, 0.1) is 0 Å². The summed E-state index contributed by atoms with van der Waals surface area (Å²) < 4.78 is 5.21. The van der Waals surface area contributed by atoms with E-state index in [1.54, 1.807) is 36.4 Å². The number of rotatable bonds is 3. The number of nitrogens with zero attached hydrogens (tertiary/aromatic N) is 2. The highest BCUT2D eigenvalue weighted by molar-refractivity contribution is 6.07. The Balaban J connectivity index is 1.91. The van der Waals surface area contributed by atoms with Gasteiger partial charge in [0.05, 0.1) is 12.7 Å². The van der Waals surface area contributed by atoms with E-state index in [2.05, 4.69) is 10.4 Å². The summed E-state index contributed by atoms with van der Waals surface area (Å²) in [6.07, 6.45) is 0. The zero-order chi connectivity index (χ0) is 16.4. The summed E-state index contributed by atoms with van der Waals surface area (Å²) in [4.78, 5) is 16.9. The topological polar surface area (TPSA) is 106 Å². The van der Waals surface area contributed by atoms with Crippen molar-refractivity contribution in [3.05, 3.63) is 65.7 Å². The number of hydrogen-bond donors (Lipinski definition) is 3. The van der Waals surface area contributed by atoms with Gasteiger partial charge in [0.25, 0.3) is 5.91 Å². The van der Waals surface area contributed by atoms with Gasteiger partial charge in [0.2, 0.25) is 11.7 Å². The van der Waals surface area contributed by atoms with Crippen molar-refractivity contribution in [1.29, 1.82) is 0 Å². The number of methoxy groups -OCH3 is 1. The normalized spacial score (nSPS) is 20.3. The number of hydrazine groups is 1. The number of benzene rings is 2. The molecule has 0 aliphatic carbocycles. The van der Waals surface area contributed by atoms with Crippen molar-refractivity contribution in [3.8, 4) is 5.75 Å². The van der Waals surface area contributed by atoms with Crippen LogP contribution in [0.1, 0.15) is 15.9 Å². The highest BCUT2D eigenvalue weighted by Gasteiger charge is 2.39. The van der Waals surface area contributed by atoms with Crippen LogP contribution < -0.4 is 21.6 Å². The van der Waals surface area contributed by atoms with E-state index in [1.165, 1.54) is 7.11 Å². The monoisotopic (exact) mass is 311 g/mol. The van der Waals surface area contributed by atoms with Gasteiger partial charge in [-0.1, -0.05) is 42.5 Å². The number of carbonyl (C=O) groups is 1. The maximum absolute atomic E-state index is 12.7. The molecule has 3 rings (SSSR count). The molecule has 0 bridgehead atoms. The Morgan fingerprint density at radius 3 is 2.52 bits per heavy atom. The Kier molecular flexibility index (Phi) is 3.73. The van der Waals surface area contributed by atoms with E-state index in [0.717, 1.165) is 5.01 Å². The Bertz CT molecular complexity index is 762. The van der Waals surface area contributed by atoms with E-state index >= 15 is 0 Å². The fraction of sp³-hybridized carbons (Fsp3) is 0.125. The maximum Gasteiger partial charge on any atom is 0.279 e. The van der Waals surface area contributed by atoms with Gasteiger partial charge < -0.3 is 10.5 Å². The minimum Gasteiger partial charge on any atom is -0.496 e. The molecule has 0 fully saturated rings. The van der Waals surface area contributed by atoms with E-state index in [9.17, 15) is 4.79 Å². The SMILES string of the molecule is COc1ccccc1C(=O)N1NC(N)(c2ccccc2)N=C1N. The average molecular weight is 311 g/mol. The minimum atomic E-state index is -1.29. The molecule has 0 aromatic heterocycles. The fourth-order valence-electron chi connectivity index (χ4n) is 2.40. The number of para-hydroxylation sites is 1. The van der Waals surface area contributed by atoms with Crippen molar-refractivity contribution < 1.29 is 9.53 Å². The third kappa shape index (κ3) is 2.63. The summed E-state index contributed by atoms with van der Waals surface area (Å²) in [7, 11) is 1.50. The largest absolute Gasteiger partial charge is 0.496 e. The number of amides is 1. The summed E-state index contributed by atoms with van der Waals surface area (Å²) in [5.74, 6) is -1.25. The molecule has 0 saturated heterocycles. The number of hydrogen-bond acceptors (Lipinski definition) is 6. The van der Waals surface area contributed by atoms with Gasteiger partial charge in [0, 0.05) is 5.56 Å². The van der Waals surface area contributed by atoms with Gasteiger partial charge in [-0.05, 0) is 12.1 Å². The molecule has 1 aliphatic heterocycles. The summed E-state index contributed by atoms with van der Waals surface area (Å²) in [5, 5.41) is 1.13. The van der Waals surface area contributed by atoms with Crippen molar-refractivity contribution in [2.75, 3.05) is 7.11 Å². The van der Waals surface area contributed by atoms with E-state index in [1.807, 2.05) is 18.2 Å². The van der Waals surface area contributed by atoms with Crippen LogP contribution in [0.4, 0.5) is 0 Å². The van der Waals surface area contributed by atoms with Crippen LogP contribution in [0.3, 0.4) is 0 Å². The number of guanidine groups is 1. The van der Waals surface area contributed by atoms with Gasteiger partial charge in [-0.15, -0.1) is 0 Å². The predicted octanol–water partition coefficient (Wildman–Crippen LogP) is 0.740. The quantitative estimate of drug-likeness (QED) is 0.775.